The van der Waals surface area contributed by atoms with Crippen LogP contribution in [0.2, 0.25) is 10.0 Å². The van der Waals surface area contributed by atoms with Crippen molar-refractivity contribution in [3.05, 3.63) is 44.4 Å². The molecule has 0 unspecified atom stereocenters. The number of nitrogens with zero attached hydrogens (tertiary/aromatic N) is 6. The number of halogens is 2. The molecule has 3 heterocycles. The Morgan fingerprint density at radius 1 is 1.11 bits per heavy atom. The van der Waals surface area contributed by atoms with Crippen LogP contribution < -0.4 is 27.4 Å². The molecular weight excluding hydrogens is 521 g/mol. The number of carbonyl (C=O) groups excluding carboxylic acids is 1. The number of rotatable bonds is 4. The van der Waals surface area contributed by atoms with Crippen LogP contribution in [0.1, 0.15) is 39.6 Å². The van der Waals surface area contributed by atoms with Crippen LogP contribution in [0.25, 0.3) is 10.9 Å². The van der Waals surface area contributed by atoms with E-state index in [4.69, 9.17) is 44.4 Å². The van der Waals surface area contributed by atoms with Crippen molar-refractivity contribution in [2.75, 3.05) is 48.0 Å². The third-order valence-electron chi connectivity index (χ3n) is 5.68. The zero-order valence-electron chi connectivity index (χ0n) is 21.0. The maximum absolute atomic E-state index is 13.8. The van der Waals surface area contributed by atoms with Gasteiger partial charge < -0.3 is 31.4 Å². The van der Waals surface area contributed by atoms with Gasteiger partial charge in [-0.25, -0.2) is 14.5 Å². The quantitative estimate of drug-likeness (QED) is 0.441. The van der Waals surface area contributed by atoms with E-state index in [1.165, 1.54) is 4.68 Å². The first-order chi connectivity index (χ1) is 17.4. The van der Waals surface area contributed by atoms with Gasteiger partial charge in [0, 0.05) is 13.1 Å². The van der Waals surface area contributed by atoms with E-state index in [9.17, 15) is 9.59 Å². The number of nitrogens with two attached hydrogens (primary N) is 2. The molecule has 1 fully saturated rings. The molecule has 1 amide bonds. The van der Waals surface area contributed by atoms with Crippen LogP contribution in [0.3, 0.4) is 0 Å². The van der Waals surface area contributed by atoms with Gasteiger partial charge in [0.15, 0.2) is 11.6 Å². The largest absolute Gasteiger partial charge is 0.444 e. The number of nitrogen functional groups attached to an aromatic ring is 2. The average molecular weight is 550 g/mol. The summed E-state index contributed by atoms with van der Waals surface area (Å²) in [6.45, 7) is 8.69. The van der Waals surface area contributed by atoms with E-state index in [2.05, 4.69) is 15.3 Å². The molecule has 0 radical (unpaired) electrons. The van der Waals surface area contributed by atoms with E-state index >= 15 is 0 Å². The van der Waals surface area contributed by atoms with Crippen molar-refractivity contribution in [1.29, 1.82) is 0 Å². The standard InChI is InChI=1S/C23H29Cl2N9O3/c1-12(28-18-16(25)17(26)30-21(27)31-18)19-29-14-7-5-6-13(24)15(14)20(35)34(19)33-10-8-32(9-11-33)22(36)37-23(2,3)4/h5-7,12H,8-11H2,1-4H3,(H5,26,27,28,30,31)/t12-/m0/s1. The minimum Gasteiger partial charge on any atom is -0.444 e. The molecule has 2 aromatic heterocycles. The van der Waals surface area contributed by atoms with Crippen LogP contribution in [0.15, 0.2) is 23.0 Å². The Morgan fingerprint density at radius 2 is 1.78 bits per heavy atom. The normalized spacial score (nSPS) is 15.1. The Kier molecular flexibility index (Phi) is 7.24. The minimum atomic E-state index is -0.604. The number of fused-ring (bicyclic) bond motifs is 1. The zero-order chi connectivity index (χ0) is 27.1. The molecule has 14 heteroatoms. The zero-order valence-corrected chi connectivity index (χ0v) is 22.5. The van der Waals surface area contributed by atoms with E-state index in [0.717, 1.165) is 0 Å². The van der Waals surface area contributed by atoms with Gasteiger partial charge in [-0.1, -0.05) is 29.3 Å². The van der Waals surface area contributed by atoms with Gasteiger partial charge in [0.05, 0.1) is 35.1 Å². The Hall–Kier alpha value is -3.51. The summed E-state index contributed by atoms with van der Waals surface area (Å²) in [6.07, 6.45) is -0.400. The van der Waals surface area contributed by atoms with E-state index in [0.29, 0.717) is 47.9 Å². The summed E-state index contributed by atoms with van der Waals surface area (Å²) in [5.41, 5.74) is 11.1. The van der Waals surface area contributed by atoms with Gasteiger partial charge >= 0.3 is 6.09 Å². The number of hydrogen-bond acceptors (Lipinski definition) is 10. The minimum absolute atomic E-state index is 0.0257. The summed E-state index contributed by atoms with van der Waals surface area (Å²) in [7, 11) is 0. The summed E-state index contributed by atoms with van der Waals surface area (Å²) in [5, 5.41) is 5.66. The molecule has 198 valence electrons. The molecule has 5 N–H and O–H groups in total. The van der Waals surface area contributed by atoms with Crippen LogP contribution in [-0.4, -0.2) is 62.4 Å². The topological polar surface area (TPSA) is 158 Å². The van der Waals surface area contributed by atoms with E-state index < -0.39 is 17.7 Å². The molecule has 0 spiro atoms. The molecule has 1 aromatic carbocycles. The fourth-order valence-corrected chi connectivity index (χ4v) is 4.39. The predicted octanol–water partition coefficient (Wildman–Crippen LogP) is 3.02. The Balaban J connectivity index is 1.71. The molecule has 0 aliphatic carbocycles. The number of amides is 1. The first-order valence-electron chi connectivity index (χ1n) is 11.6. The number of nitrogens with one attached hydrogen (secondary N) is 1. The number of piperazine rings is 1. The molecule has 1 atom stereocenters. The van der Waals surface area contributed by atoms with Gasteiger partial charge in [0.25, 0.3) is 5.56 Å². The van der Waals surface area contributed by atoms with Crippen LogP contribution >= 0.6 is 23.2 Å². The predicted molar refractivity (Wildman–Crippen MR) is 145 cm³/mol. The second-order valence-corrected chi connectivity index (χ2v) is 10.4. The van der Waals surface area contributed by atoms with Gasteiger partial charge in [0.2, 0.25) is 5.95 Å². The molecule has 3 aromatic rings. The number of anilines is 3. The maximum Gasteiger partial charge on any atom is 0.410 e. The molecule has 0 saturated carbocycles. The van der Waals surface area contributed by atoms with Crippen LogP contribution in [-0.2, 0) is 4.74 Å². The van der Waals surface area contributed by atoms with Crippen LogP contribution in [0.4, 0.5) is 22.4 Å². The van der Waals surface area contributed by atoms with E-state index in [1.807, 2.05) is 25.8 Å². The monoisotopic (exact) mass is 549 g/mol. The number of ether oxygens (including phenoxy) is 1. The van der Waals surface area contributed by atoms with Gasteiger partial charge in [-0.15, -0.1) is 0 Å². The molecule has 1 aliphatic heterocycles. The van der Waals surface area contributed by atoms with Crippen LogP contribution in [0, 0.1) is 0 Å². The molecule has 1 saturated heterocycles. The lowest BCUT2D eigenvalue weighted by Crippen LogP contribution is -2.57. The first-order valence-corrected chi connectivity index (χ1v) is 12.4. The number of carbonyl (C=O) groups is 1. The highest BCUT2D eigenvalue weighted by atomic mass is 35.5. The molecule has 1 aliphatic rings. The molecule has 0 bridgehead atoms. The van der Waals surface area contributed by atoms with Crippen molar-refractivity contribution in [3.8, 4) is 0 Å². The lowest BCUT2D eigenvalue weighted by Gasteiger charge is -2.38. The first kappa shape index (κ1) is 26.6. The number of benzene rings is 1. The second-order valence-electron chi connectivity index (χ2n) is 9.64. The summed E-state index contributed by atoms with van der Waals surface area (Å²) >= 11 is 12.7. The molecule has 4 rings (SSSR count). The highest BCUT2D eigenvalue weighted by Crippen LogP contribution is 2.29. The highest BCUT2D eigenvalue weighted by Gasteiger charge is 2.29. The molecule has 12 nitrogen and oxygen atoms in total. The number of hydrogen-bond donors (Lipinski definition) is 3. The average Bonchev–Trinajstić information content (AvgIpc) is 2.81. The lowest BCUT2D eigenvalue weighted by atomic mass is 10.2. The highest BCUT2D eigenvalue weighted by molar-refractivity contribution is 6.35. The van der Waals surface area contributed by atoms with Gasteiger partial charge in [0.1, 0.15) is 16.4 Å². The summed E-state index contributed by atoms with van der Waals surface area (Å²) < 4.78 is 6.98. The lowest BCUT2D eigenvalue weighted by molar-refractivity contribution is 0.0231. The van der Waals surface area contributed by atoms with Crippen molar-refractivity contribution in [2.45, 2.75) is 39.3 Å². The molecular formula is C23H29Cl2N9O3. The smallest absolute Gasteiger partial charge is 0.410 e. The van der Waals surface area contributed by atoms with Crippen molar-refractivity contribution in [1.82, 2.24) is 24.5 Å². The Bertz CT molecular complexity index is 1400. The van der Waals surface area contributed by atoms with Gasteiger partial charge in [-0.05, 0) is 39.8 Å². The van der Waals surface area contributed by atoms with E-state index in [1.54, 1.807) is 30.0 Å². The van der Waals surface area contributed by atoms with Crippen molar-refractivity contribution >= 4 is 57.8 Å². The fourth-order valence-electron chi connectivity index (χ4n) is 4.00. The Morgan fingerprint density at radius 3 is 2.43 bits per heavy atom. The van der Waals surface area contributed by atoms with Crippen LogP contribution in [0.5, 0.6) is 0 Å². The van der Waals surface area contributed by atoms with Gasteiger partial charge in [-0.2, -0.15) is 9.97 Å². The molecule has 37 heavy (non-hydrogen) atoms. The number of aromatic nitrogens is 4. The second kappa shape index (κ2) is 10.1. The van der Waals surface area contributed by atoms with Crippen molar-refractivity contribution in [2.24, 2.45) is 0 Å². The van der Waals surface area contributed by atoms with Crippen molar-refractivity contribution in [3.63, 3.8) is 0 Å². The fraction of sp³-hybridized carbons (Fsp3) is 0.435. The van der Waals surface area contributed by atoms with Crippen molar-refractivity contribution < 1.29 is 9.53 Å². The SMILES string of the molecule is C[C@H](Nc1nc(N)nc(N)c1Cl)c1nc2cccc(Cl)c2c(=O)n1N1CCN(C(=O)OC(C)(C)C)CC1. The third-order valence-corrected chi connectivity index (χ3v) is 6.36. The Labute approximate surface area is 223 Å². The van der Waals surface area contributed by atoms with Gasteiger partial charge in [-0.3, -0.25) is 4.79 Å². The summed E-state index contributed by atoms with van der Waals surface area (Å²) in [4.78, 5) is 40.7. The third kappa shape index (κ3) is 5.59. The van der Waals surface area contributed by atoms with E-state index in [-0.39, 0.29) is 28.2 Å². The summed E-state index contributed by atoms with van der Waals surface area (Å²) in [5.74, 6) is 0.571. The maximum atomic E-state index is 13.8. The summed E-state index contributed by atoms with van der Waals surface area (Å²) in [6, 6.07) is 4.53.